The summed E-state index contributed by atoms with van der Waals surface area (Å²) in [6.07, 6.45) is 4.24. The largest absolute Gasteiger partial charge is 0.507 e. The number of methoxy groups -OCH3 is 1. The lowest BCUT2D eigenvalue weighted by molar-refractivity contribution is -0.140. The number of likely N-dealkylation sites (tertiary alicyclic amines) is 1. The molecule has 2 fully saturated rings. The van der Waals surface area contributed by atoms with E-state index in [1.807, 2.05) is 19.1 Å². The molecule has 2 saturated heterocycles. The van der Waals surface area contributed by atoms with Crippen molar-refractivity contribution >= 4 is 17.4 Å². The molecule has 3 unspecified atom stereocenters. The van der Waals surface area contributed by atoms with Crippen molar-refractivity contribution in [2.24, 2.45) is 0 Å². The van der Waals surface area contributed by atoms with E-state index >= 15 is 0 Å². The van der Waals surface area contributed by atoms with Crippen molar-refractivity contribution in [2.45, 2.75) is 64.2 Å². The summed E-state index contributed by atoms with van der Waals surface area (Å²) in [6.45, 7) is 5.53. The highest BCUT2D eigenvalue weighted by Crippen LogP contribution is 2.43. The van der Waals surface area contributed by atoms with Crippen LogP contribution in [0.5, 0.6) is 17.2 Å². The molecule has 0 saturated carbocycles. The molecule has 3 heterocycles. The Labute approximate surface area is 223 Å². The summed E-state index contributed by atoms with van der Waals surface area (Å²) < 4.78 is 23.1. The predicted molar refractivity (Wildman–Crippen MR) is 142 cm³/mol. The lowest BCUT2D eigenvalue weighted by Crippen LogP contribution is -2.36. The number of aliphatic hydroxyl groups excluding tert-OH is 1. The van der Waals surface area contributed by atoms with E-state index in [-0.39, 0.29) is 30.1 Å². The Bertz CT molecular complexity index is 1250. The molecule has 38 heavy (non-hydrogen) atoms. The zero-order chi connectivity index (χ0) is 26.8. The molecule has 0 bridgehead atoms. The molecule has 1 amide bonds. The van der Waals surface area contributed by atoms with Gasteiger partial charge in [0.05, 0.1) is 31.4 Å². The Hall–Kier alpha value is -3.52. The summed E-state index contributed by atoms with van der Waals surface area (Å²) in [5.41, 5.74) is 2.15. The van der Waals surface area contributed by atoms with Gasteiger partial charge in [0.2, 0.25) is 0 Å². The van der Waals surface area contributed by atoms with Gasteiger partial charge in [-0.15, -0.1) is 0 Å². The predicted octanol–water partition coefficient (Wildman–Crippen LogP) is 4.80. The first kappa shape index (κ1) is 26.1. The van der Waals surface area contributed by atoms with Crippen LogP contribution in [0.4, 0.5) is 0 Å². The quantitative estimate of drug-likeness (QED) is 0.219. The fraction of sp³-hybridized carbons (Fsp3) is 0.467. The molecule has 0 spiro atoms. The summed E-state index contributed by atoms with van der Waals surface area (Å²) in [6, 6.07) is 9.98. The Kier molecular flexibility index (Phi) is 7.61. The maximum atomic E-state index is 13.4. The molecular formula is C30H35NO7. The molecule has 0 radical (unpaired) electrons. The molecule has 0 aromatic heterocycles. The summed E-state index contributed by atoms with van der Waals surface area (Å²) in [5, 5.41) is 11.5. The molecule has 2 aromatic carbocycles. The number of carbonyl (C=O) groups is 2. The van der Waals surface area contributed by atoms with Gasteiger partial charge in [-0.1, -0.05) is 19.4 Å². The van der Waals surface area contributed by atoms with Gasteiger partial charge in [0.1, 0.15) is 17.6 Å². The minimum atomic E-state index is -0.791. The van der Waals surface area contributed by atoms with Crippen molar-refractivity contribution in [1.29, 1.82) is 0 Å². The number of ketones is 1. The third-order valence-electron chi connectivity index (χ3n) is 7.39. The van der Waals surface area contributed by atoms with Gasteiger partial charge < -0.3 is 29.0 Å². The Morgan fingerprint density at radius 1 is 1.16 bits per heavy atom. The van der Waals surface area contributed by atoms with Gasteiger partial charge in [0.25, 0.3) is 11.7 Å². The molecule has 5 rings (SSSR count). The van der Waals surface area contributed by atoms with Crippen molar-refractivity contribution < 1.29 is 33.6 Å². The summed E-state index contributed by atoms with van der Waals surface area (Å²) >= 11 is 0. The first-order valence-corrected chi connectivity index (χ1v) is 13.4. The van der Waals surface area contributed by atoms with Crippen molar-refractivity contribution in [3.05, 3.63) is 58.7 Å². The van der Waals surface area contributed by atoms with Crippen molar-refractivity contribution in [3.8, 4) is 17.2 Å². The molecule has 0 aliphatic carbocycles. The number of fused-ring (bicyclic) bond motifs is 1. The summed E-state index contributed by atoms with van der Waals surface area (Å²) in [5.74, 6) is 0.310. The van der Waals surface area contributed by atoms with E-state index in [9.17, 15) is 14.7 Å². The molecule has 8 nitrogen and oxygen atoms in total. The third-order valence-corrected chi connectivity index (χ3v) is 7.39. The zero-order valence-electron chi connectivity index (χ0n) is 22.2. The third kappa shape index (κ3) is 4.97. The number of carbonyl (C=O) groups excluding carboxylic acids is 2. The molecule has 3 aliphatic rings. The minimum Gasteiger partial charge on any atom is -0.507 e. The maximum absolute atomic E-state index is 13.4. The molecule has 3 aliphatic heterocycles. The van der Waals surface area contributed by atoms with E-state index < -0.39 is 17.7 Å². The van der Waals surface area contributed by atoms with Crippen molar-refractivity contribution in [1.82, 2.24) is 4.90 Å². The first-order chi connectivity index (χ1) is 18.4. The van der Waals surface area contributed by atoms with Gasteiger partial charge >= 0.3 is 0 Å². The smallest absolute Gasteiger partial charge is 0.295 e. The van der Waals surface area contributed by atoms with Crippen LogP contribution in [-0.2, 0) is 20.7 Å². The maximum Gasteiger partial charge on any atom is 0.295 e. The van der Waals surface area contributed by atoms with E-state index in [4.69, 9.17) is 18.9 Å². The fourth-order valence-corrected chi connectivity index (χ4v) is 5.45. The van der Waals surface area contributed by atoms with E-state index in [0.717, 1.165) is 37.0 Å². The van der Waals surface area contributed by atoms with Gasteiger partial charge in [-0.05, 0) is 67.6 Å². The van der Waals surface area contributed by atoms with Crippen LogP contribution < -0.4 is 14.2 Å². The SMILES string of the molecule is CCCCOc1ccc(C2/C(=C(\O)c3ccc4c(c3)CC(C)O4)C(=O)C(=O)N2CC2CCCO2)cc1OC. The molecule has 2 aromatic rings. The average Bonchev–Trinajstić information content (AvgIpc) is 3.63. The molecule has 8 heteroatoms. The molecule has 202 valence electrons. The highest BCUT2D eigenvalue weighted by molar-refractivity contribution is 6.46. The molecule has 3 atom stereocenters. The van der Waals surface area contributed by atoms with Gasteiger partial charge in [-0.2, -0.15) is 0 Å². The van der Waals surface area contributed by atoms with Crippen LogP contribution in [0.2, 0.25) is 0 Å². The van der Waals surface area contributed by atoms with E-state index in [2.05, 4.69) is 6.92 Å². The topological polar surface area (TPSA) is 94.5 Å². The van der Waals surface area contributed by atoms with Crippen LogP contribution in [-0.4, -0.2) is 60.8 Å². The van der Waals surface area contributed by atoms with E-state index in [1.54, 1.807) is 31.4 Å². The van der Waals surface area contributed by atoms with Crippen LogP contribution >= 0.6 is 0 Å². The number of nitrogens with zero attached hydrogens (tertiary/aromatic N) is 1. The number of ether oxygens (including phenoxy) is 4. The average molecular weight is 522 g/mol. The van der Waals surface area contributed by atoms with Gasteiger partial charge in [0, 0.05) is 25.1 Å². The van der Waals surface area contributed by atoms with Crippen molar-refractivity contribution in [3.63, 3.8) is 0 Å². The highest BCUT2D eigenvalue weighted by Gasteiger charge is 2.47. The molecular weight excluding hydrogens is 486 g/mol. The van der Waals surface area contributed by atoms with E-state index in [1.165, 1.54) is 4.90 Å². The summed E-state index contributed by atoms with van der Waals surface area (Å²) in [7, 11) is 1.56. The zero-order valence-corrected chi connectivity index (χ0v) is 22.2. The second-order valence-corrected chi connectivity index (χ2v) is 10.2. The van der Waals surface area contributed by atoms with Crippen LogP contribution in [0.15, 0.2) is 42.0 Å². The summed E-state index contributed by atoms with van der Waals surface area (Å²) in [4.78, 5) is 28.3. The fourth-order valence-electron chi connectivity index (χ4n) is 5.45. The van der Waals surface area contributed by atoms with Gasteiger partial charge in [-0.25, -0.2) is 0 Å². The van der Waals surface area contributed by atoms with Crippen LogP contribution in [0.25, 0.3) is 5.76 Å². The van der Waals surface area contributed by atoms with Crippen LogP contribution in [0.1, 0.15) is 62.3 Å². The Morgan fingerprint density at radius 3 is 2.74 bits per heavy atom. The van der Waals surface area contributed by atoms with Crippen molar-refractivity contribution in [2.75, 3.05) is 26.9 Å². The lowest BCUT2D eigenvalue weighted by Gasteiger charge is -2.28. The number of amides is 1. The number of hydrogen-bond donors (Lipinski definition) is 1. The van der Waals surface area contributed by atoms with Gasteiger partial charge in [0.15, 0.2) is 11.5 Å². The standard InChI is InChI=1S/C30H35NO7/c1-4-5-12-37-24-11-8-19(16-25(24)35-3)27-26(29(33)30(34)31(27)17-22-7-6-13-36-22)28(32)20-9-10-23-21(15-20)14-18(2)38-23/h8-11,15-16,18,22,27,32H,4-7,12-14,17H2,1-3H3/b28-26+. The van der Waals surface area contributed by atoms with Crippen LogP contribution in [0, 0.1) is 0 Å². The number of hydrogen-bond acceptors (Lipinski definition) is 7. The second kappa shape index (κ2) is 11.1. The van der Waals surface area contributed by atoms with E-state index in [0.29, 0.717) is 42.3 Å². The second-order valence-electron chi connectivity index (χ2n) is 10.2. The number of benzene rings is 2. The number of aliphatic hydroxyl groups is 1. The number of unbranched alkanes of at least 4 members (excludes halogenated alkanes) is 1. The van der Waals surface area contributed by atoms with Gasteiger partial charge in [-0.3, -0.25) is 9.59 Å². The highest BCUT2D eigenvalue weighted by atomic mass is 16.5. The van der Waals surface area contributed by atoms with Crippen LogP contribution in [0.3, 0.4) is 0 Å². The number of rotatable bonds is 9. The Morgan fingerprint density at radius 2 is 2.00 bits per heavy atom. The Balaban J connectivity index is 1.57. The lowest BCUT2D eigenvalue weighted by atomic mass is 9.94. The minimum absolute atomic E-state index is 0.0462. The molecule has 1 N–H and O–H groups in total. The normalized spacial score (nSPS) is 24.0. The monoisotopic (exact) mass is 521 g/mol. The first-order valence-electron chi connectivity index (χ1n) is 13.4. The number of Topliss-reactive ketones (excluding diaryl/α,β-unsaturated/α-hetero) is 1.